The second-order valence-electron chi connectivity index (χ2n) is 4.05. The van der Waals surface area contributed by atoms with Crippen molar-refractivity contribution in [3.05, 3.63) is 63.2 Å². The average Bonchev–Trinajstić information content (AvgIpc) is 2.45. The predicted octanol–water partition coefficient (Wildman–Crippen LogP) is 3.15. The van der Waals surface area contributed by atoms with E-state index in [0.717, 1.165) is 5.56 Å². The zero-order valence-electron chi connectivity index (χ0n) is 10.5. The van der Waals surface area contributed by atoms with Crippen LogP contribution in [0.5, 0.6) is 0 Å². The molecule has 20 heavy (non-hydrogen) atoms. The summed E-state index contributed by atoms with van der Waals surface area (Å²) in [4.78, 5) is 10.6. The number of anilines is 2. The van der Waals surface area contributed by atoms with Crippen LogP contribution in [0.4, 0.5) is 17.1 Å². The molecule has 0 radical (unpaired) electrons. The van der Waals surface area contributed by atoms with Gasteiger partial charge in [0.1, 0.15) is 11.4 Å². The Balaban J connectivity index is 2.26. The van der Waals surface area contributed by atoms with Crippen LogP contribution in [0.1, 0.15) is 5.56 Å². The standard InChI is InChI=1S/C13H13ClN4O2/c14-10-5-2-1-4-9(10)8-16-11-6-3-7-12(17-15)13(11)18(19)20/h1-7,16-17H,8,15H2. The van der Waals surface area contributed by atoms with Crippen molar-refractivity contribution in [1.82, 2.24) is 0 Å². The van der Waals surface area contributed by atoms with Crippen molar-refractivity contribution >= 4 is 28.7 Å². The molecule has 4 N–H and O–H groups in total. The van der Waals surface area contributed by atoms with Gasteiger partial charge in [0.2, 0.25) is 0 Å². The molecule has 7 heteroatoms. The van der Waals surface area contributed by atoms with Crippen LogP contribution in [-0.4, -0.2) is 4.92 Å². The van der Waals surface area contributed by atoms with Gasteiger partial charge in [-0.1, -0.05) is 35.9 Å². The number of rotatable bonds is 5. The van der Waals surface area contributed by atoms with Gasteiger partial charge in [0.05, 0.1) is 4.92 Å². The lowest BCUT2D eigenvalue weighted by molar-refractivity contribution is -0.383. The molecule has 104 valence electrons. The Hall–Kier alpha value is -2.31. The molecule has 0 aliphatic rings. The number of hydrazine groups is 1. The first-order valence-corrected chi connectivity index (χ1v) is 6.22. The normalized spacial score (nSPS) is 10.1. The van der Waals surface area contributed by atoms with E-state index in [9.17, 15) is 10.1 Å². The van der Waals surface area contributed by atoms with Crippen LogP contribution in [0.25, 0.3) is 0 Å². The van der Waals surface area contributed by atoms with Gasteiger partial charge in [0.15, 0.2) is 0 Å². The molecule has 0 bridgehead atoms. The largest absolute Gasteiger partial charge is 0.375 e. The van der Waals surface area contributed by atoms with E-state index in [2.05, 4.69) is 10.7 Å². The first kappa shape index (κ1) is 14.1. The Morgan fingerprint density at radius 2 is 1.85 bits per heavy atom. The summed E-state index contributed by atoms with van der Waals surface area (Å²) in [6, 6.07) is 12.1. The fraction of sp³-hybridized carbons (Fsp3) is 0.0769. The van der Waals surface area contributed by atoms with E-state index < -0.39 is 4.92 Å². The molecule has 0 heterocycles. The third kappa shape index (κ3) is 2.98. The van der Waals surface area contributed by atoms with Crippen molar-refractivity contribution in [1.29, 1.82) is 0 Å². The molecule has 0 saturated heterocycles. The Morgan fingerprint density at radius 3 is 2.50 bits per heavy atom. The summed E-state index contributed by atoms with van der Waals surface area (Å²) in [5.41, 5.74) is 3.71. The molecular formula is C13H13ClN4O2. The maximum atomic E-state index is 11.1. The minimum Gasteiger partial charge on any atom is -0.375 e. The molecule has 0 aliphatic carbocycles. The van der Waals surface area contributed by atoms with E-state index in [1.54, 1.807) is 24.3 Å². The Kier molecular flexibility index (Phi) is 4.39. The number of nitrogens with zero attached hydrogens (tertiary/aromatic N) is 1. The fourth-order valence-corrected chi connectivity index (χ4v) is 2.03. The van der Waals surface area contributed by atoms with Crippen LogP contribution in [0.2, 0.25) is 5.02 Å². The molecular weight excluding hydrogens is 280 g/mol. The lowest BCUT2D eigenvalue weighted by Gasteiger charge is -2.10. The SMILES string of the molecule is NNc1cccc(NCc2ccccc2Cl)c1[N+](=O)[O-]. The molecule has 2 aromatic rings. The summed E-state index contributed by atoms with van der Waals surface area (Å²) in [7, 11) is 0. The van der Waals surface area contributed by atoms with E-state index in [4.69, 9.17) is 17.4 Å². The second-order valence-corrected chi connectivity index (χ2v) is 4.46. The summed E-state index contributed by atoms with van der Waals surface area (Å²) in [5, 5.41) is 14.7. The van der Waals surface area contributed by atoms with Gasteiger partial charge in [-0.25, -0.2) is 0 Å². The van der Waals surface area contributed by atoms with Gasteiger partial charge in [-0.2, -0.15) is 0 Å². The molecule has 0 saturated carbocycles. The highest BCUT2D eigenvalue weighted by atomic mass is 35.5. The fourth-order valence-electron chi connectivity index (χ4n) is 1.83. The minimum absolute atomic E-state index is 0.0953. The van der Waals surface area contributed by atoms with Crippen molar-refractivity contribution < 1.29 is 4.92 Å². The number of para-hydroxylation sites is 1. The summed E-state index contributed by atoms with van der Waals surface area (Å²) >= 11 is 6.05. The number of nitro groups is 1. The third-order valence-electron chi connectivity index (χ3n) is 2.80. The monoisotopic (exact) mass is 292 g/mol. The summed E-state index contributed by atoms with van der Waals surface area (Å²) < 4.78 is 0. The van der Waals surface area contributed by atoms with Gasteiger partial charge in [0, 0.05) is 11.6 Å². The highest BCUT2D eigenvalue weighted by Crippen LogP contribution is 2.32. The van der Waals surface area contributed by atoms with Crippen LogP contribution >= 0.6 is 11.6 Å². The quantitative estimate of drug-likeness (QED) is 0.447. The number of nitrogen functional groups attached to an aromatic ring is 1. The van der Waals surface area contributed by atoms with Crippen LogP contribution in [0.15, 0.2) is 42.5 Å². The molecule has 2 rings (SSSR count). The second kappa shape index (κ2) is 6.23. The number of hydrogen-bond donors (Lipinski definition) is 3. The molecule has 6 nitrogen and oxygen atoms in total. The number of hydrogen-bond acceptors (Lipinski definition) is 5. The molecule has 0 aliphatic heterocycles. The van der Waals surface area contributed by atoms with Gasteiger partial charge >= 0.3 is 5.69 Å². The molecule has 0 fully saturated rings. The van der Waals surface area contributed by atoms with E-state index >= 15 is 0 Å². The summed E-state index contributed by atoms with van der Waals surface area (Å²) in [6.07, 6.45) is 0. The van der Waals surface area contributed by atoms with E-state index in [1.807, 2.05) is 18.2 Å². The third-order valence-corrected chi connectivity index (χ3v) is 3.17. The lowest BCUT2D eigenvalue weighted by atomic mass is 10.2. The number of nitrogens with one attached hydrogen (secondary N) is 2. The van der Waals surface area contributed by atoms with Crippen molar-refractivity contribution in [2.24, 2.45) is 5.84 Å². The topological polar surface area (TPSA) is 93.2 Å². The minimum atomic E-state index is -0.482. The average molecular weight is 293 g/mol. The smallest absolute Gasteiger partial charge is 0.316 e. The van der Waals surface area contributed by atoms with Crippen LogP contribution in [0, 0.1) is 10.1 Å². The molecule has 0 atom stereocenters. The molecule has 0 spiro atoms. The molecule has 0 amide bonds. The van der Waals surface area contributed by atoms with E-state index in [0.29, 0.717) is 17.3 Å². The Bertz CT molecular complexity index is 634. The molecule has 2 aromatic carbocycles. The predicted molar refractivity (Wildman–Crippen MR) is 79.7 cm³/mol. The van der Waals surface area contributed by atoms with Crippen LogP contribution in [0.3, 0.4) is 0 Å². The summed E-state index contributed by atoms with van der Waals surface area (Å²) in [6.45, 7) is 0.383. The van der Waals surface area contributed by atoms with Crippen LogP contribution < -0.4 is 16.6 Å². The number of nitro benzene ring substituents is 1. The van der Waals surface area contributed by atoms with Crippen LogP contribution in [-0.2, 0) is 6.54 Å². The molecule has 0 unspecified atom stereocenters. The highest BCUT2D eigenvalue weighted by Gasteiger charge is 2.18. The summed E-state index contributed by atoms with van der Waals surface area (Å²) in [5.74, 6) is 5.29. The Morgan fingerprint density at radius 1 is 1.15 bits per heavy atom. The van der Waals surface area contributed by atoms with Crippen molar-refractivity contribution in [2.45, 2.75) is 6.54 Å². The maximum absolute atomic E-state index is 11.1. The van der Waals surface area contributed by atoms with Crippen molar-refractivity contribution in [3.8, 4) is 0 Å². The number of halogens is 1. The van der Waals surface area contributed by atoms with Crippen molar-refractivity contribution in [2.75, 3.05) is 10.7 Å². The Labute approximate surface area is 120 Å². The maximum Gasteiger partial charge on any atom is 0.316 e. The highest BCUT2D eigenvalue weighted by molar-refractivity contribution is 6.31. The van der Waals surface area contributed by atoms with Gasteiger partial charge in [0.25, 0.3) is 0 Å². The van der Waals surface area contributed by atoms with Gasteiger partial charge in [-0.3, -0.25) is 16.0 Å². The van der Waals surface area contributed by atoms with E-state index in [1.165, 1.54) is 0 Å². The number of benzene rings is 2. The van der Waals surface area contributed by atoms with Gasteiger partial charge in [-0.15, -0.1) is 0 Å². The zero-order valence-corrected chi connectivity index (χ0v) is 11.2. The first-order valence-electron chi connectivity index (χ1n) is 5.84. The molecule has 0 aromatic heterocycles. The van der Waals surface area contributed by atoms with E-state index in [-0.39, 0.29) is 11.4 Å². The zero-order chi connectivity index (χ0) is 14.5. The van der Waals surface area contributed by atoms with Crippen molar-refractivity contribution in [3.63, 3.8) is 0 Å². The van der Waals surface area contributed by atoms with Gasteiger partial charge < -0.3 is 10.7 Å². The lowest BCUT2D eigenvalue weighted by Crippen LogP contribution is -2.11. The number of nitrogens with two attached hydrogens (primary N) is 1. The van der Waals surface area contributed by atoms with Gasteiger partial charge in [-0.05, 0) is 23.8 Å². The first-order chi connectivity index (χ1) is 9.63.